The molecule has 1 aliphatic rings. The molecule has 5 atom stereocenters. The number of carboxylic acids is 1. The third kappa shape index (κ3) is 8.39. The van der Waals surface area contributed by atoms with Gasteiger partial charge in [-0.05, 0) is 40.3 Å². The van der Waals surface area contributed by atoms with Crippen LogP contribution in [-0.2, 0) is 50.0 Å². The molecule has 1 saturated heterocycles. The maximum atomic E-state index is 11.6. The maximum absolute atomic E-state index is 11.6. The van der Waals surface area contributed by atoms with Gasteiger partial charge in [0.05, 0.1) is 45.1 Å². The zero-order valence-corrected chi connectivity index (χ0v) is 24.8. The average Bonchev–Trinajstić information content (AvgIpc) is 3.02. The van der Waals surface area contributed by atoms with Crippen LogP contribution in [0.1, 0.15) is 46.4 Å². The van der Waals surface area contributed by atoms with Crippen molar-refractivity contribution in [3.05, 3.63) is 143 Å². The highest BCUT2D eigenvalue weighted by atomic mass is 16.6. The summed E-state index contributed by atoms with van der Waals surface area (Å²) in [6, 6.07) is 36.2. The van der Waals surface area contributed by atoms with Gasteiger partial charge in [-0.3, -0.25) is 4.79 Å². The van der Waals surface area contributed by atoms with E-state index in [1.807, 2.05) is 104 Å². The van der Waals surface area contributed by atoms with Crippen LogP contribution in [0.15, 0.2) is 109 Å². The summed E-state index contributed by atoms with van der Waals surface area (Å²) in [6.45, 7) is 5.75. The summed E-state index contributed by atoms with van der Waals surface area (Å²) in [5, 5.41) is 9.53. The second-order valence-corrected chi connectivity index (χ2v) is 11.2. The van der Waals surface area contributed by atoms with E-state index in [0.29, 0.717) is 26.4 Å². The second kappa shape index (κ2) is 15.1. The summed E-state index contributed by atoms with van der Waals surface area (Å²) in [5.41, 5.74) is 5.83. The van der Waals surface area contributed by atoms with Gasteiger partial charge in [-0.1, -0.05) is 116 Å². The molecule has 0 aliphatic carbocycles. The van der Waals surface area contributed by atoms with Gasteiger partial charge in [-0.25, -0.2) is 0 Å². The Hall–Kier alpha value is -3.81. The number of ether oxygens (including phenoxy) is 4. The lowest BCUT2D eigenvalue weighted by Gasteiger charge is -2.46. The first kappa shape index (κ1) is 30.6. The molecule has 0 spiro atoms. The zero-order valence-electron chi connectivity index (χ0n) is 24.8. The Kier molecular flexibility index (Phi) is 10.7. The van der Waals surface area contributed by atoms with Crippen molar-refractivity contribution in [1.29, 1.82) is 0 Å². The Morgan fingerprint density at radius 1 is 0.744 bits per heavy atom. The van der Waals surface area contributed by atoms with Crippen molar-refractivity contribution in [2.24, 2.45) is 5.92 Å². The molecule has 0 aromatic heterocycles. The fraction of sp³-hybridized carbons (Fsp3) is 0.324. The molecule has 224 valence electrons. The first-order valence-electron chi connectivity index (χ1n) is 14.9. The number of hydrogen-bond acceptors (Lipinski definition) is 5. The minimum atomic E-state index is -0.864. The molecule has 5 unspecified atom stereocenters. The monoisotopic (exact) mass is 580 g/mol. The predicted octanol–water partition coefficient (Wildman–Crippen LogP) is 7.09. The molecule has 0 amide bonds. The molecule has 1 fully saturated rings. The van der Waals surface area contributed by atoms with Gasteiger partial charge < -0.3 is 24.1 Å². The van der Waals surface area contributed by atoms with Crippen molar-refractivity contribution in [1.82, 2.24) is 0 Å². The molecule has 6 nitrogen and oxygen atoms in total. The molecule has 6 heteroatoms. The van der Waals surface area contributed by atoms with Crippen LogP contribution in [0, 0.1) is 12.8 Å². The fourth-order valence-corrected chi connectivity index (χ4v) is 5.67. The molecule has 4 aromatic carbocycles. The van der Waals surface area contributed by atoms with Crippen molar-refractivity contribution in [3.63, 3.8) is 0 Å². The lowest BCUT2D eigenvalue weighted by atomic mass is 9.84. The number of carboxylic acid groups (broad SMARTS) is 1. The van der Waals surface area contributed by atoms with Crippen molar-refractivity contribution in [3.8, 4) is 0 Å². The van der Waals surface area contributed by atoms with Crippen LogP contribution in [0.2, 0.25) is 0 Å². The number of aryl methyl sites for hydroxylation is 1. The molecule has 1 N–H and O–H groups in total. The smallest absolute Gasteiger partial charge is 0.307 e. The van der Waals surface area contributed by atoms with Crippen LogP contribution in [-0.4, -0.2) is 36.0 Å². The second-order valence-electron chi connectivity index (χ2n) is 11.2. The first-order chi connectivity index (χ1) is 21.0. The molecule has 0 bridgehead atoms. The molecular formula is C37H40O6. The lowest BCUT2D eigenvalue weighted by molar-refractivity contribution is -0.242. The first-order valence-corrected chi connectivity index (χ1v) is 14.9. The summed E-state index contributed by atoms with van der Waals surface area (Å²) in [4.78, 5) is 11.6. The molecule has 0 saturated carbocycles. The van der Waals surface area contributed by atoms with Gasteiger partial charge in [-0.2, -0.15) is 0 Å². The quantitative estimate of drug-likeness (QED) is 0.182. The van der Waals surface area contributed by atoms with E-state index in [9.17, 15) is 9.90 Å². The number of benzene rings is 4. The predicted molar refractivity (Wildman–Crippen MR) is 165 cm³/mol. The molecular weight excluding hydrogens is 540 g/mol. The van der Waals surface area contributed by atoms with Crippen molar-refractivity contribution in [2.45, 2.75) is 64.5 Å². The van der Waals surface area contributed by atoms with Crippen LogP contribution >= 0.6 is 0 Å². The van der Waals surface area contributed by atoms with Crippen molar-refractivity contribution in [2.75, 3.05) is 6.61 Å². The lowest BCUT2D eigenvalue weighted by Crippen LogP contribution is -2.53. The third-order valence-corrected chi connectivity index (χ3v) is 8.03. The number of hydrogen-bond donors (Lipinski definition) is 1. The zero-order chi connectivity index (χ0) is 30.0. The van der Waals surface area contributed by atoms with Crippen LogP contribution in [0.5, 0.6) is 0 Å². The van der Waals surface area contributed by atoms with Gasteiger partial charge in [0, 0.05) is 5.92 Å². The van der Waals surface area contributed by atoms with E-state index < -0.39 is 12.1 Å². The Labute approximate surface area is 254 Å². The fourth-order valence-electron chi connectivity index (χ4n) is 5.67. The minimum Gasteiger partial charge on any atom is -0.481 e. The average molecular weight is 581 g/mol. The van der Waals surface area contributed by atoms with E-state index in [1.165, 1.54) is 0 Å². The number of carbonyl (C=O) groups is 1. The van der Waals surface area contributed by atoms with Crippen molar-refractivity contribution >= 4 is 5.97 Å². The summed E-state index contributed by atoms with van der Waals surface area (Å²) in [6.07, 6.45) is -1.49. The van der Waals surface area contributed by atoms with E-state index in [2.05, 4.69) is 19.1 Å². The number of rotatable bonds is 13. The molecule has 43 heavy (non-hydrogen) atoms. The standard InChI is InChI=1S/C37H40O6/c1-26-18-19-31(20-32(26)21-34(38)39)37-36(42-24-30-16-10-5-11-17-30)27(2)35(41-23-29-14-8-4-9-15-29)33(43-37)25-40-22-28-12-6-3-7-13-28/h3-20,27,33,35-37H,21-25H2,1-2H3,(H,38,39). The SMILES string of the molecule is Cc1ccc(C2OC(COCc3ccccc3)C(OCc3ccccc3)C(C)C2OCc2ccccc2)cc1CC(=O)O. The van der Waals surface area contributed by atoms with Crippen LogP contribution in [0.25, 0.3) is 0 Å². The van der Waals surface area contributed by atoms with Crippen LogP contribution in [0.3, 0.4) is 0 Å². The van der Waals surface area contributed by atoms with Crippen molar-refractivity contribution < 1.29 is 28.8 Å². The van der Waals surface area contributed by atoms with Crippen LogP contribution in [0.4, 0.5) is 0 Å². The third-order valence-electron chi connectivity index (χ3n) is 8.03. The highest BCUT2D eigenvalue weighted by molar-refractivity contribution is 5.70. The van der Waals surface area contributed by atoms with E-state index >= 15 is 0 Å². The Bertz CT molecular complexity index is 1420. The molecule has 0 radical (unpaired) electrons. The van der Waals surface area contributed by atoms with Gasteiger partial charge in [0.1, 0.15) is 12.2 Å². The maximum Gasteiger partial charge on any atom is 0.307 e. The Morgan fingerprint density at radius 2 is 1.28 bits per heavy atom. The van der Waals surface area contributed by atoms with Gasteiger partial charge in [0.2, 0.25) is 0 Å². The summed E-state index contributed by atoms with van der Waals surface area (Å²) >= 11 is 0. The highest BCUT2D eigenvalue weighted by Gasteiger charge is 2.46. The summed E-state index contributed by atoms with van der Waals surface area (Å²) in [5.74, 6) is -0.919. The summed E-state index contributed by atoms with van der Waals surface area (Å²) in [7, 11) is 0. The van der Waals surface area contributed by atoms with Gasteiger partial charge in [-0.15, -0.1) is 0 Å². The Balaban J connectivity index is 1.43. The van der Waals surface area contributed by atoms with E-state index in [1.54, 1.807) is 0 Å². The van der Waals surface area contributed by atoms with E-state index in [-0.39, 0.29) is 30.7 Å². The van der Waals surface area contributed by atoms with Gasteiger partial charge in [0.25, 0.3) is 0 Å². The topological polar surface area (TPSA) is 74.2 Å². The molecule has 1 aliphatic heterocycles. The molecule has 5 rings (SSSR count). The van der Waals surface area contributed by atoms with Crippen LogP contribution < -0.4 is 0 Å². The van der Waals surface area contributed by atoms with E-state index in [0.717, 1.165) is 33.4 Å². The van der Waals surface area contributed by atoms with E-state index in [4.69, 9.17) is 18.9 Å². The van der Waals surface area contributed by atoms with Gasteiger partial charge >= 0.3 is 5.97 Å². The molecule has 1 heterocycles. The molecule has 4 aromatic rings. The summed E-state index contributed by atoms with van der Waals surface area (Å²) < 4.78 is 26.3. The highest BCUT2D eigenvalue weighted by Crippen LogP contribution is 2.40. The Morgan fingerprint density at radius 3 is 1.84 bits per heavy atom. The minimum absolute atomic E-state index is 0.0517. The number of aliphatic carboxylic acids is 1. The normalized spacial score (nSPS) is 21.9. The van der Waals surface area contributed by atoms with Gasteiger partial charge in [0.15, 0.2) is 0 Å². The largest absolute Gasteiger partial charge is 0.481 e.